The quantitative estimate of drug-likeness (QED) is 0.118. The fourth-order valence-electron chi connectivity index (χ4n) is 8.81. The van der Waals surface area contributed by atoms with Crippen LogP contribution in [0.4, 0.5) is 5.82 Å². The molecule has 4 atom stereocenters. The first kappa shape index (κ1) is 35.4. The van der Waals surface area contributed by atoms with E-state index in [0.717, 1.165) is 70.4 Å². The average molecular weight is 709 g/mol. The highest BCUT2D eigenvalue weighted by Crippen LogP contribution is 2.62. The number of methoxy groups -OCH3 is 1. The molecule has 1 aromatic heterocycles. The van der Waals surface area contributed by atoms with Gasteiger partial charge < -0.3 is 45.5 Å². The Hall–Kier alpha value is -5.00. The van der Waals surface area contributed by atoms with E-state index in [2.05, 4.69) is 33.8 Å². The first-order valence-corrected chi connectivity index (χ1v) is 18.0. The monoisotopic (exact) mass is 708 g/mol. The lowest BCUT2D eigenvalue weighted by atomic mass is 9.65. The fourth-order valence-corrected chi connectivity index (χ4v) is 8.81. The highest BCUT2D eigenvalue weighted by atomic mass is 16.5. The van der Waals surface area contributed by atoms with Crippen LogP contribution in [0.1, 0.15) is 66.0 Å². The topological polar surface area (TPSA) is 157 Å². The normalized spacial score (nSPS) is 21.4. The van der Waals surface area contributed by atoms with Crippen molar-refractivity contribution < 1.29 is 34.0 Å². The Balaban J connectivity index is 1.33. The van der Waals surface area contributed by atoms with Gasteiger partial charge in [-0.05, 0) is 98.6 Å². The van der Waals surface area contributed by atoms with Crippen LogP contribution >= 0.6 is 0 Å². The predicted molar refractivity (Wildman–Crippen MR) is 198 cm³/mol. The molecule has 274 valence electrons. The number of ether oxygens (including phenoxy) is 4. The molecule has 0 saturated heterocycles. The maximum absolute atomic E-state index is 12.2. The number of pyridine rings is 1. The van der Waals surface area contributed by atoms with E-state index < -0.39 is 6.10 Å². The Morgan fingerprint density at radius 3 is 2.60 bits per heavy atom. The van der Waals surface area contributed by atoms with Crippen LogP contribution in [-0.2, 0) is 27.8 Å². The summed E-state index contributed by atoms with van der Waals surface area (Å²) in [6.07, 6.45) is 5.57. The minimum atomic E-state index is -0.519. The summed E-state index contributed by atoms with van der Waals surface area (Å²) in [5, 5.41) is 27.9. The first-order chi connectivity index (χ1) is 25.1. The number of phenolic OH excluding ortho intramolecular Hbond substituents is 2. The summed E-state index contributed by atoms with van der Waals surface area (Å²) in [7, 11) is 5.34. The Morgan fingerprint density at radius 2 is 1.88 bits per heavy atom. The van der Waals surface area contributed by atoms with E-state index in [1.165, 1.54) is 6.92 Å². The van der Waals surface area contributed by atoms with Crippen LogP contribution in [0, 0.1) is 5.92 Å². The number of anilines is 1. The molecule has 11 nitrogen and oxygen atoms in total. The van der Waals surface area contributed by atoms with Gasteiger partial charge in [-0.2, -0.15) is 0 Å². The number of nitrogens with zero attached hydrogens (tertiary/aromatic N) is 1. The van der Waals surface area contributed by atoms with Crippen molar-refractivity contribution in [3.63, 3.8) is 0 Å². The third-order valence-electron chi connectivity index (χ3n) is 10.9. The van der Waals surface area contributed by atoms with Gasteiger partial charge in [-0.1, -0.05) is 24.3 Å². The minimum Gasteiger partial charge on any atom is -0.508 e. The lowest BCUT2D eigenvalue weighted by Crippen LogP contribution is -2.37. The van der Waals surface area contributed by atoms with Crippen LogP contribution < -0.4 is 30.6 Å². The number of carbonyl (C=O) groups excluding carboxylic acids is 1. The van der Waals surface area contributed by atoms with E-state index in [4.69, 9.17) is 24.7 Å². The number of phenols is 2. The van der Waals surface area contributed by atoms with Crippen molar-refractivity contribution in [1.82, 2.24) is 15.6 Å². The number of carbonyl (C=O) groups is 1. The number of esters is 1. The van der Waals surface area contributed by atoms with E-state index in [9.17, 15) is 15.0 Å². The first-order valence-electron chi connectivity index (χ1n) is 18.0. The molecular weight excluding hydrogens is 660 g/mol. The number of nitrogens with one attached hydrogen (secondary N) is 2. The number of nitrogen functional groups attached to an aromatic ring is 1. The molecule has 0 amide bonds. The summed E-state index contributed by atoms with van der Waals surface area (Å²) < 4.78 is 25.0. The van der Waals surface area contributed by atoms with Crippen molar-refractivity contribution in [2.24, 2.45) is 5.92 Å². The molecule has 3 aromatic carbocycles. The van der Waals surface area contributed by atoms with E-state index in [1.54, 1.807) is 19.2 Å². The van der Waals surface area contributed by atoms with Gasteiger partial charge in [0.15, 0.2) is 11.5 Å². The van der Waals surface area contributed by atoms with Gasteiger partial charge in [0.25, 0.3) is 0 Å². The molecule has 6 N–H and O–H groups in total. The average Bonchev–Trinajstić information content (AvgIpc) is 3.69. The van der Waals surface area contributed by atoms with Crippen molar-refractivity contribution >= 4 is 11.8 Å². The standard InChI is InChI=1S/C41H48N4O7/c1-23(46)50-22-32-30-7-8-31-37-27(14-28(47)16-35(37)49-4)18-41(12-11-24(17-41)13-25-5-10-36(42)45-19-25)38(31)40(30)52-39(32)26-6-9-33(48)34(15-26)51-29(20-43-2)21-44-3/h5-10,14-16,19,24,29,32,39,43-44,47-48H,11-13,17-18,20-22H2,1-4H3,(H2,42,45)/t24-,32-,39+,41+/m0/s1. The Labute approximate surface area is 304 Å². The van der Waals surface area contributed by atoms with Gasteiger partial charge in [0.2, 0.25) is 0 Å². The molecule has 7 rings (SSSR count). The zero-order valence-corrected chi connectivity index (χ0v) is 30.2. The summed E-state index contributed by atoms with van der Waals surface area (Å²) in [6, 6.07) is 17.0. The maximum Gasteiger partial charge on any atom is 0.302 e. The zero-order chi connectivity index (χ0) is 36.6. The second kappa shape index (κ2) is 14.6. The third-order valence-corrected chi connectivity index (χ3v) is 10.9. The summed E-state index contributed by atoms with van der Waals surface area (Å²) in [4.78, 5) is 16.5. The molecule has 1 saturated carbocycles. The zero-order valence-electron chi connectivity index (χ0n) is 30.2. The van der Waals surface area contributed by atoms with Crippen LogP contribution in [0.3, 0.4) is 0 Å². The van der Waals surface area contributed by atoms with Gasteiger partial charge in [-0.15, -0.1) is 0 Å². The lowest BCUT2D eigenvalue weighted by molar-refractivity contribution is -0.141. The fraction of sp³-hybridized carbons (Fsp3) is 0.415. The Morgan fingerprint density at radius 1 is 1.08 bits per heavy atom. The SMILES string of the molecule is CNCC(CNC)Oc1cc([C@H]2Oc3c(ccc4c3[C@@]3(CC[C@@H](Cc5ccc(N)nc5)C3)Cc3cc(O)cc(OC)c3-4)[C@@H]2COC(C)=O)ccc1O. The van der Waals surface area contributed by atoms with Crippen LogP contribution in [0.15, 0.2) is 60.8 Å². The molecular formula is C41H48N4O7. The molecule has 2 aliphatic carbocycles. The molecule has 4 aromatic rings. The number of rotatable bonds is 12. The number of benzene rings is 3. The largest absolute Gasteiger partial charge is 0.508 e. The number of fused-ring (bicyclic) bond motifs is 6. The molecule has 1 aliphatic heterocycles. The Bertz CT molecular complexity index is 1940. The van der Waals surface area contributed by atoms with Crippen molar-refractivity contribution in [2.75, 3.05) is 46.6 Å². The van der Waals surface area contributed by atoms with Crippen molar-refractivity contribution in [2.45, 2.75) is 62.6 Å². The molecule has 3 aliphatic rings. The minimum absolute atomic E-state index is 0.0320. The molecule has 1 spiro atoms. The van der Waals surface area contributed by atoms with Crippen molar-refractivity contribution in [1.29, 1.82) is 0 Å². The van der Waals surface area contributed by atoms with E-state index in [-0.39, 0.29) is 41.5 Å². The number of hydrogen-bond acceptors (Lipinski definition) is 11. The molecule has 2 heterocycles. The number of nitrogens with two attached hydrogens (primary N) is 1. The molecule has 0 bridgehead atoms. The molecule has 52 heavy (non-hydrogen) atoms. The smallest absolute Gasteiger partial charge is 0.302 e. The summed E-state index contributed by atoms with van der Waals surface area (Å²) in [5.74, 6) is 2.18. The highest BCUT2D eigenvalue weighted by Gasteiger charge is 2.50. The van der Waals surface area contributed by atoms with Crippen LogP contribution in [-0.4, -0.2) is 68.2 Å². The number of aromatic hydroxyl groups is 2. The van der Waals surface area contributed by atoms with Gasteiger partial charge >= 0.3 is 5.97 Å². The highest BCUT2D eigenvalue weighted by molar-refractivity contribution is 5.84. The van der Waals surface area contributed by atoms with Crippen molar-refractivity contribution in [3.05, 3.63) is 88.6 Å². The molecule has 11 heteroatoms. The second-order valence-electron chi connectivity index (χ2n) is 14.5. The third kappa shape index (κ3) is 6.70. The number of likely N-dealkylation sites (N-methyl/N-ethyl adjacent to an activating group) is 2. The van der Waals surface area contributed by atoms with Gasteiger partial charge in [0.05, 0.1) is 13.0 Å². The van der Waals surface area contributed by atoms with Crippen molar-refractivity contribution in [3.8, 4) is 39.9 Å². The molecule has 0 unspecified atom stereocenters. The lowest BCUT2D eigenvalue weighted by Gasteiger charge is -2.39. The van der Waals surface area contributed by atoms with Gasteiger partial charge in [-0.3, -0.25) is 4.79 Å². The van der Waals surface area contributed by atoms with Crippen LogP contribution in [0.5, 0.6) is 28.7 Å². The van der Waals surface area contributed by atoms with Crippen LogP contribution in [0.25, 0.3) is 11.1 Å². The molecule has 0 radical (unpaired) electrons. The summed E-state index contributed by atoms with van der Waals surface area (Å²) in [5.41, 5.74) is 12.7. The van der Waals surface area contributed by atoms with E-state index in [0.29, 0.717) is 42.7 Å². The summed E-state index contributed by atoms with van der Waals surface area (Å²) in [6.45, 7) is 2.70. The maximum atomic E-state index is 12.2. The van der Waals surface area contributed by atoms with Gasteiger partial charge in [0.1, 0.15) is 41.9 Å². The van der Waals surface area contributed by atoms with E-state index >= 15 is 0 Å². The van der Waals surface area contributed by atoms with Gasteiger partial charge in [-0.25, -0.2) is 4.98 Å². The van der Waals surface area contributed by atoms with Gasteiger partial charge in [0, 0.05) is 54.4 Å². The number of hydrogen-bond donors (Lipinski definition) is 5. The van der Waals surface area contributed by atoms with Crippen LogP contribution in [0.2, 0.25) is 0 Å². The summed E-state index contributed by atoms with van der Waals surface area (Å²) >= 11 is 0. The number of aromatic nitrogens is 1. The Kier molecular flexibility index (Phi) is 9.91. The predicted octanol–water partition coefficient (Wildman–Crippen LogP) is 5.55. The second-order valence-corrected chi connectivity index (χ2v) is 14.5. The van der Waals surface area contributed by atoms with E-state index in [1.807, 2.05) is 44.6 Å². The molecule has 1 fully saturated rings.